The van der Waals surface area contributed by atoms with E-state index in [0.717, 1.165) is 11.1 Å². The van der Waals surface area contributed by atoms with Gasteiger partial charge in [-0.25, -0.2) is 8.42 Å². The van der Waals surface area contributed by atoms with Crippen molar-refractivity contribution in [3.05, 3.63) is 29.3 Å². The van der Waals surface area contributed by atoms with E-state index < -0.39 is 10.0 Å². The van der Waals surface area contributed by atoms with Gasteiger partial charge in [0.1, 0.15) is 5.75 Å². The van der Waals surface area contributed by atoms with Gasteiger partial charge in [-0.3, -0.25) is 4.90 Å². The fourth-order valence-electron chi connectivity index (χ4n) is 2.63. The summed E-state index contributed by atoms with van der Waals surface area (Å²) in [5.74, 6) is 0.308. The van der Waals surface area contributed by atoms with E-state index in [0.29, 0.717) is 31.9 Å². The Bertz CT molecular complexity index is 578. The molecular weight excluding hydrogens is 276 g/mol. The first-order valence-electron chi connectivity index (χ1n) is 6.77. The molecule has 0 aliphatic carbocycles. The van der Waals surface area contributed by atoms with Crippen molar-refractivity contribution >= 4 is 10.0 Å². The quantitative estimate of drug-likeness (QED) is 0.915. The predicted octanol–water partition coefficient (Wildman–Crippen LogP) is 1.34. The Morgan fingerprint density at radius 3 is 2.30 bits per heavy atom. The average molecular weight is 298 g/mol. The summed E-state index contributed by atoms with van der Waals surface area (Å²) in [5.41, 5.74) is 1.92. The number of aromatic hydroxyl groups is 1. The minimum atomic E-state index is -3.10. The van der Waals surface area contributed by atoms with Crippen LogP contribution in [0.3, 0.4) is 0 Å². The van der Waals surface area contributed by atoms with Gasteiger partial charge in [0.15, 0.2) is 0 Å². The second-order valence-electron chi connectivity index (χ2n) is 5.44. The molecule has 1 aliphatic heterocycles. The molecule has 1 atom stereocenters. The number of hydrogen-bond acceptors (Lipinski definition) is 4. The first-order valence-corrected chi connectivity index (χ1v) is 8.62. The van der Waals surface area contributed by atoms with Gasteiger partial charge in [-0.1, -0.05) is 12.1 Å². The second-order valence-corrected chi connectivity index (χ2v) is 7.42. The standard InChI is InChI=1S/C14H22N2O3S/c1-11-4-5-13(14(17)10-11)12(2)15-6-8-16(9-7-15)20(3,18)19/h4-5,10,12,17H,6-9H2,1-3H3. The van der Waals surface area contributed by atoms with Gasteiger partial charge >= 0.3 is 0 Å². The third-order valence-corrected chi connectivity index (χ3v) is 5.23. The minimum Gasteiger partial charge on any atom is -0.508 e. The molecule has 1 aliphatic rings. The van der Waals surface area contributed by atoms with Crippen molar-refractivity contribution in [2.45, 2.75) is 19.9 Å². The van der Waals surface area contributed by atoms with Crippen LogP contribution in [-0.2, 0) is 10.0 Å². The monoisotopic (exact) mass is 298 g/mol. The lowest BCUT2D eigenvalue weighted by molar-refractivity contribution is 0.144. The van der Waals surface area contributed by atoms with Gasteiger partial charge in [-0.05, 0) is 25.5 Å². The third kappa shape index (κ3) is 3.31. The molecule has 0 radical (unpaired) electrons. The number of hydrogen-bond donors (Lipinski definition) is 1. The molecule has 2 rings (SSSR count). The van der Waals surface area contributed by atoms with Crippen molar-refractivity contribution in [1.29, 1.82) is 0 Å². The first-order chi connectivity index (χ1) is 9.29. The zero-order valence-corrected chi connectivity index (χ0v) is 13.0. The van der Waals surface area contributed by atoms with Crippen LogP contribution in [0.15, 0.2) is 18.2 Å². The summed E-state index contributed by atoms with van der Waals surface area (Å²) >= 11 is 0. The molecule has 0 amide bonds. The highest BCUT2D eigenvalue weighted by Gasteiger charge is 2.27. The van der Waals surface area contributed by atoms with E-state index in [1.165, 1.54) is 10.6 Å². The fraction of sp³-hybridized carbons (Fsp3) is 0.571. The molecule has 20 heavy (non-hydrogen) atoms. The van der Waals surface area contributed by atoms with Crippen LogP contribution in [0.4, 0.5) is 0 Å². The lowest BCUT2D eigenvalue weighted by atomic mass is 10.0. The van der Waals surface area contributed by atoms with Crippen LogP contribution < -0.4 is 0 Å². The lowest BCUT2D eigenvalue weighted by Gasteiger charge is -2.37. The van der Waals surface area contributed by atoms with E-state index in [1.54, 1.807) is 6.07 Å². The molecule has 112 valence electrons. The zero-order chi connectivity index (χ0) is 14.9. The molecule has 0 bridgehead atoms. The molecular formula is C14H22N2O3S. The fourth-order valence-corrected chi connectivity index (χ4v) is 3.45. The molecule has 1 N–H and O–H groups in total. The van der Waals surface area contributed by atoms with E-state index in [9.17, 15) is 13.5 Å². The topological polar surface area (TPSA) is 60.9 Å². The smallest absolute Gasteiger partial charge is 0.211 e. The molecule has 0 aromatic heterocycles. The van der Waals surface area contributed by atoms with Crippen molar-refractivity contribution in [1.82, 2.24) is 9.21 Å². The Kier molecular flexibility index (Phi) is 4.36. The van der Waals surface area contributed by atoms with Gasteiger partial charge in [-0.2, -0.15) is 4.31 Å². The van der Waals surface area contributed by atoms with E-state index >= 15 is 0 Å². The Labute approximate surface area is 120 Å². The summed E-state index contributed by atoms with van der Waals surface area (Å²) in [6.45, 7) is 6.37. The van der Waals surface area contributed by atoms with Crippen LogP contribution in [0.5, 0.6) is 5.75 Å². The highest BCUT2D eigenvalue weighted by atomic mass is 32.2. The maximum Gasteiger partial charge on any atom is 0.211 e. The number of rotatable bonds is 3. The number of sulfonamides is 1. The van der Waals surface area contributed by atoms with Gasteiger partial charge in [0, 0.05) is 37.8 Å². The van der Waals surface area contributed by atoms with Crippen LogP contribution in [-0.4, -0.2) is 55.2 Å². The summed E-state index contributed by atoms with van der Waals surface area (Å²) in [7, 11) is -3.10. The highest BCUT2D eigenvalue weighted by molar-refractivity contribution is 7.88. The summed E-state index contributed by atoms with van der Waals surface area (Å²) in [6.07, 6.45) is 1.25. The molecule has 6 heteroatoms. The average Bonchev–Trinajstić information content (AvgIpc) is 2.37. The predicted molar refractivity (Wildman–Crippen MR) is 79.2 cm³/mol. The van der Waals surface area contributed by atoms with Crippen LogP contribution in [0.2, 0.25) is 0 Å². The number of aryl methyl sites for hydroxylation is 1. The van der Waals surface area contributed by atoms with Gasteiger partial charge in [0.2, 0.25) is 10.0 Å². The molecule has 1 unspecified atom stereocenters. The second kappa shape index (κ2) is 5.71. The van der Waals surface area contributed by atoms with Crippen molar-refractivity contribution < 1.29 is 13.5 Å². The molecule has 1 heterocycles. The van der Waals surface area contributed by atoms with Crippen molar-refractivity contribution in [2.75, 3.05) is 32.4 Å². The molecule has 1 aromatic carbocycles. The summed E-state index contributed by atoms with van der Waals surface area (Å²) in [5, 5.41) is 10.0. The number of phenols is 1. The number of nitrogens with zero attached hydrogens (tertiary/aromatic N) is 2. The zero-order valence-electron chi connectivity index (χ0n) is 12.2. The molecule has 5 nitrogen and oxygen atoms in total. The van der Waals surface area contributed by atoms with Crippen LogP contribution >= 0.6 is 0 Å². The van der Waals surface area contributed by atoms with Crippen LogP contribution in [0.1, 0.15) is 24.1 Å². The SMILES string of the molecule is Cc1ccc(C(C)N2CCN(S(C)(=O)=O)CC2)c(O)c1. The lowest BCUT2D eigenvalue weighted by Crippen LogP contribution is -2.48. The molecule has 1 fully saturated rings. The van der Waals surface area contributed by atoms with E-state index in [1.807, 2.05) is 26.0 Å². The molecule has 0 saturated carbocycles. The highest BCUT2D eigenvalue weighted by Crippen LogP contribution is 2.29. The van der Waals surface area contributed by atoms with Gasteiger partial charge in [-0.15, -0.1) is 0 Å². The largest absolute Gasteiger partial charge is 0.508 e. The van der Waals surface area contributed by atoms with E-state index in [2.05, 4.69) is 4.90 Å². The molecule has 0 spiro atoms. The maximum atomic E-state index is 11.5. The Hall–Kier alpha value is -1.11. The van der Waals surface area contributed by atoms with Gasteiger partial charge < -0.3 is 5.11 Å². The Balaban J connectivity index is 2.07. The number of piperazine rings is 1. The summed E-state index contributed by atoms with van der Waals surface area (Å²) < 4.78 is 24.5. The Morgan fingerprint density at radius 2 is 1.80 bits per heavy atom. The molecule has 1 saturated heterocycles. The van der Waals surface area contributed by atoms with Crippen LogP contribution in [0.25, 0.3) is 0 Å². The number of benzene rings is 1. The summed E-state index contributed by atoms with van der Waals surface area (Å²) in [6, 6.07) is 5.77. The van der Waals surface area contributed by atoms with Crippen molar-refractivity contribution in [3.8, 4) is 5.75 Å². The maximum absolute atomic E-state index is 11.5. The van der Waals surface area contributed by atoms with E-state index in [-0.39, 0.29) is 6.04 Å². The van der Waals surface area contributed by atoms with Gasteiger partial charge in [0.25, 0.3) is 0 Å². The Morgan fingerprint density at radius 1 is 1.20 bits per heavy atom. The molecule has 1 aromatic rings. The number of phenolic OH excluding ortho intramolecular Hbond substituents is 1. The minimum absolute atomic E-state index is 0.0808. The van der Waals surface area contributed by atoms with Gasteiger partial charge in [0.05, 0.1) is 6.26 Å². The van der Waals surface area contributed by atoms with E-state index in [4.69, 9.17) is 0 Å². The first kappa shape index (κ1) is 15.3. The summed E-state index contributed by atoms with van der Waals surface area (Å²) in [4.78, 5) is 2.20. The van der Waals surface area contributed by atoms with Crippen molar-refractivity contribution in [3.63, 3.8) is 0 Å². The third-order valence-electron chi connectivity index (χ3n) is 3.93. The van der Waals surface area contributed by atoms with Crippen molar-refractivity contribution in [2.24, 2.45) is 0 Å². The van der Waals surface area contributed by atoms with Crippen LogP contribution in [0, 0.1) is 6.92 Å². The normalized spacial score (nSPS) is 19.9.